The average molecular weight is 377 g/mol. The number of para-hydroxylation sites is 1. The smallest absolute Gasteiger partial charge is 0.274 e. The normalized spacial score (nSPS) is 10.6. The molecule has 0 aliphatic carbocycles. The minimum Gasteiger partial charge on any atom is -0.321 e. The van der Waals surface area contributed by atoms with Crippen LogP contribution in [-0.4, -0.2) is 16.8 Å². The first-order chi connectivity index (χ1) is 13.4. The third-order valence-corrected chi connectivity index (χ3v) is 4.13. The summed E-state index contributed by atoms with van der Waals surface area (Å²) >= 11 is 0. The van der Waals surface area contributed by atoms with E-state index in [-0.39, 0.29) is 17.3 Å². The number of aromatic nitrogens is 1. The molecule has 0 unspecified atom stereocenters. The molecule has 1 heterocycles. The number of halogens is 1. The van der Waals surface area contributed by atoms with Gasteiger partial charge >= 0.3 is 0 Å². The van der Waals surface area contributed by atoms with E-state index in [9.17, 15) is 14.0 Å². The summed E-state index contributed by atoms with van der Waals surface area (Å²) in [7, 11) is 0. The van der Waals surface area contributed by atoms with Crippen LogP contribution in [0.25, 0.3) is 0 Å². The molecule has 0 fully saturated rings. The Bertz CT molecular complexity index is 1020. The van der Waals surface area contributed by atoms with Crippen molar-refractivity contribution in [1.82, 2.24) is 4.98 Å². The molecule has 6 heteroatoms. The lowest BCUT2D eigenvalue weighted by atomic mass is 10.0. The van der Waals surface area contributed by atoms with Crippen molar-refractivity contribution < 1.29 is 14.0 Å². The number of nitrogens with one attached hydrogen (secondary N) is 2. The Morgan fingerprint density at radius 1 is 0.857 bits per heavy atom. The molecular weight excluding hydrogens is 357 g/mol. The van der Waals surface area contributed by atoms with Gasteiger partial charge in [0.05, 0.1) is 0 Å². The van der Waals surface area contributed by atoms with Crippen molar-refractivity contribution in [3.05, 3.63) is 89.5 Å². The first-order valence-electron chi connectivity index (χ1n) is 8.88. The van der Waals surface area contributed by atoms with E-state index in [1.54, 1.807) is 12.1 Å². The average Bonchev–Trinajstić information content (AvgIpc) is 2.68. The van der Waals surface area contributed by atoms with Gasteiger partial charge in [-0.2, -0.15) is 0 Å². The number of anilines is 2. The highest BCUT2D eigenvalue weighted by Crippen LogP contribution is 2.24. The molecule has 0 saturated heterocycles. The van der Waals surface area contributed by atoms with E-state index in [2.05, 4.69) is 15.6 Å². The fourth-order valence-corrected chi connectivity index (χ4v) is 2.75. The standard InChI is InChI=1S/C22H20FN3O2/c1-14(2)17-9-3-4-10-18(17)26-22(28)20-12-6-11-19(25-20)21(27)24-16-8-5-7-15(23)13-16/h3-14H,1-2H3,(H,24,27)(H,26,28). The fraction of sp³-hybridized carbons (Fsp3) is 0.136. The van der Waals surface area contributed by atoms with Gasteiger partial charge < -0.3 is 10.6 Å². The Kier molecular flexibility index (Phi) is 5.79. The molecule has 0 saturated carbocycles. The molecule has 0 bridgehead atoms. The van der Waals surface area contributed by atoms with Crippen LogP contribution < -0.4 is 10.6 Å². The topological polar surface area (TPSA) is 71.1 Å². The summed E-state index contributed by atoms with van der Waals surface area (Å²) in [4.78, 5) is 29.1. The number of carbonyl (C=O) groups is 2. The highest BCUT2D eigenvalue weighted by Gasteiger charge is 2.15. The van der Waals surface area contributed by atoms with Crippen LogP contribution >= 0.6 is 0 Å². The summed E-state index contributed by atoms with van der Waals surface area (Å²) in [6.45, 7) is 4.08. The number of hydrogen-bond donors (Lipinski definition) is 2. The minimum atomic E-state index is -0.525. The van der Waals surface area contributed by atoms with E-state index >= 15 is 0 Å². The van der Waals surface area contributed by atoms with Gasteiger partial charge in [-0.15, -0.1) is 0 Å². The molecule has 28 heavy (non-hydrogen) atoms. The van der Waals surface area contributed by atoms with E-state index in [1.807, 2.05) is 38.1 Å². The zero-order valence-electron chi connectivity index (χ0n) is 15.6. The van der Waals surface area contributed by atoms with Crippen LogP contribution in [0, 0.1) is 5.82 Å². The molecule has 0 atom stereocenters. The number of amides is 2. The van der Waals surface area contributed by atoms with Crippen LogP contribution in [0.3, 0.4) is 0 Å². The number of rotatable bonds is 5. The van der Waals surface area contributed by atoms with Crippen molar-refractivity contribution in [2.24, 2.45) is 0 Å². The van der Waals surface area contributed by atoms with Crippen LogP contribution in [0.2, 0.25) is 0 Å². The summed E-state index contributed by atoms with van der Waals surface area (Å²) in [6, 6.07) is 17.7. The highest BCUT2D eigenvalue weighted by molar-refractivity contribution is 6.06. The molecule has 0 spiro atoms. The summed E-state index contributed by atoms with van der Waals surface area (Å²) in [5, 5.41) is 5.41. The van der Waals surface area contributed by atoms with E-state index in [1.165, 1.54) is 30.3 Å². The zero-order valence-corrected chi connectivity index (χ0v) is 15.6. The van der Waals surface area contributed by atoms with Gasteiger partial charge in [-0.25, -0.2) is 9.37 Å². The minimum absolute atomic E-state index is 0.0639. The van der Waals surface area contributed by atoms with Gasteiger partial charge in [0.1, 0.15) is 17.2 Å². The number of pyridine rings is 1. The van der Waals surface area contributed by atoms with Gasteiger partial charge in [-0.1, -0.05) is 44.2 Å². The molecule has 0 aliphatic rings. The van der Waals surface area contributed by atoms with E-state index < -0.39 is 17.6 Å². The lowest BCUT2D eigenvalue weighted by Crippen LogP contribution is -2.19. The van der Waals surface area contributed by atoms with Gasteiger partial charge in [-0.3, -0.25) is 9.59 Å². The Balaban J connectivity index is 1.77. The fourth-order valence-electron chi connectivity index (χ4n) is 2.75. The molecule has 0 radical (unpaired) electrons. The summed E-state index contributed by atoms with van der Waals surface area (Å²) in [5.74, 6) is -1.15. The number of carbonyl (C=O) groups excluding carboxylic acids is 2. The van der Waals surface area contributed by atoms with Crippen molar-refractivity contribution in [3.63, 3.8) is 0 Å². The van der Waals surface area contributed by atoms with Crippen LogP contribution in [-0.2, 0) is 0 Å². The Morgan fingerprint density at radius 3 is 2.18 bits per heavy atom. The van der Waals surface area contributed by atoms with Crippen LogP contribution in [0.5, 0.6) is 0 Å². The van der Waals surface area contributed by atoms with Gasteiger partial charge in [0.15, 0.2) is 0 Å². The first kappa shape index (κ1) is 19.2. The van der Waals surface area contributed by atoms with E-state index in [4.69, 9.17) is 0 Å². The van der Waals surface area contributed by atoms with Crippen molar-refractivity contribution >= 4 is 23.2 Å². The summed E-state index contributed by atoms with van der Waals surface area (Å²) < 4.78 is 13.3. The maximum Gasteiger partial charge on any atom is 0.274 e. The van der Waals surface area contributed by atoms with Gasteiger partial charge in [-0.05, 0) is 47.9 Å². The molecule has 2 aromatic carbocycles. The first-order valence-corrected chi connectivity index (χ1v) is 8.88. The molecule has 2 N–H and O–H groups in total. The number of hydrogen-bond acceptors (Lipinski definition) is 3. The van der Waals surface area contributed by atoms with E-state index in [0.29, 0.717) is 11.4 Å². The van der Waals surface area contributed by atoms with E-state index in [0.717, 1.165) is 5.56 Å². The monoisotopic (exact) mass is 377 g/mol. The molecule has 3 aromatic rings. The van der Waals surface area contributed by atoms with Crippen molar-refractivity contribution in [2.75, 3.05) is 10.6 Å². The molecule has 1 aromatic heterocycles. The molecule has 142 valence electrons. The highest BCUT2D eigenvalue weighted by atomic mass is 19.1. The van der Waals surface area contributed by atoms with Gasteiger partial charge in [0.2, 0.25) is 0 Å². The van der Waals surface area contributed by atoms with Crippen molar-refractivity contribution in [2.45, 2.75) is 19.8 Å². The summed E-state index contributed by atoms with van der Waals surface area (Å²) in [5.41, 5.74) is 2.21. The molecule has 5 nitrogen and oxygen atoms in total. The molecule has 0 aliphatic heterocycles. The summed E-state index contributed by atoms with van der Waals surface area (Å²) in [6.07, 6.45) is 0. The van der Waals surface area contributed by atoms with Crippen molar-refractivity contribution in [3.8, 4) is 0 Å². The molecule has 2 amide bonds. The second kappa shape index (κ2) is 8.43. The molecule has 3 rings (SSSR count). The lowest BCUT2D eigenvalue weighted by molar-refractivity contribution is 0.101. The second-order valence-corrected chi connectivity index (χ2v) is 6.57. The predicted molar refractivity (Wildman–Crippen MR) is 107 cm³/mol. The van der Waals surface area contributed by atoms with Gasteiger partial charge in [0, 0.05) is 11.4 Å². The largest absolute Gasteiger partial charge is 0.321 e. The Hall–Kier alpha value is -3.54. The maximum atomic E-state index is 13.3. The third-order valence-electron chi connectivity index (χ3n) is 4.13. The van der Waals surface area contributed by atoms with Crippen LogP contribution in [0.4, 0.5) is 15.8 Å². The van der Waals surface area contributed by atoms with Gasteiger partial charge in [0.25, 0.3) is 11.8 Å². The molecular formula is C22H20FN3O2. The SMILES string of the molecule is CC(C)c1ccccc1NC(=O)c1cccc(C(=O)Nc2cccc(F)c2)n1. The number of benzene rings is 2. The maximum absolute atomic E-state index is 13.3. The third kappa shape index (κ3) is 4.59. The predicted octanol–water partition coefficient (Wildman–Crippen LogP) is 4.85. The number of nitrogens with zero attached hydrogens (tertiary/aromatic N) is 1. The zero-order chi connectivity index (χ0) is 20.1. The second-order valence-electron chi connectivity index (χ2n) is 6.57. The Labute approximate surface area is 162 Å². The van der Waals surface area contributed by atoms with Crippen LogP contribution in [0.15, 0.2) is 66.7 Å². The van der Waals surface area contributed by atoms with Crippen molar-refractivity contribution in [1.29, 1.82) is 0 Å². The van der Waals surface area contributed by atoms with Crippen LogP contribution in [0.1, 0.15) is 46.3 Å². The lowest BCUT2D eigenvalue weighted by Gasteiger charge is -2.13. The Morgan fingerprint density at radius 2 is 1.50 bits per heavy atom. The quantitative estimate of drug-likeness (QED) is 0.668.